The average molecular weight is 480 g/mol. The fourth-order valence-electron chi connectivity index (χ4n) is 4.37. The third-order valence-electron chi connectivity index (χ3n) is 6.04. The Bertz CT molecular complexity index is 1530. The number of pyridine rings is 1. The van der Waals surface area contributed by atoms with Gasteiger partial charge in [-0.05, 0) is 38.1 Å². The van der Waals surface area contributed by atoms with Crippen molar-refractivity contribution in [2.24, 2.45) is 0 Å². The molecule has 0 bridgehead atoms. The summed E-state index contributed by atoms with van der Waals surface area (Å²) in [5.74, 6) is -1.06. The van der Waals surface area contributed by atoms with Gasteiger partial charge in [0, 0.05) is 35.3 Å². The first-order valence-electron chi connectivity index (χ1n) is 10.8. The highest BCUT2D eigenvalue weighted by molar-refractivity contribution is 7.13. The Labute approximate surface area is 196 Å². The summed E-state index contributed by atoms with van der Waals surface area (Å²) < 4.78 is 31.4. The molecule has 34 heavy (non-hydrogen) atoms. The molecule has 0 amide bonds. The quantitative estimate of drug-likeness (QED) is 0.347. The molecule has 172 valence electrons. The lowest BCUT2D eigenvalue weighted by molar-refractivity contribution is 0.455. The third kappa shape index (κ3) is 3.62. The van der Waals surface area contributed by atoms with Crippen LogP contribution in [-0.4, -0.2) is 42.5 Å². The number of fused-ring (bicyclic) bond motifs is 3. The Hall–Kier alpha value is -3.70. The summed E-state index contributed by atoms with van der Waals surface area (Å²) >= 11 is 1.44. The van der Waals surface area contributed by atoms with E-state index in [2.05, 4.69) is 30.6 Å². The van der Waals surface area contributed by atoms with E-state index in [4.69, 9.17) is 0 Å². The summed E-state index contributed by atoms with van der Waals surface area (Å²) in [6.45, 7) is 1.95. The number of piperidine rings is 1. The van der Waals surface area contributed by atoms with Gasteiger partial charge in [-0.25, -0.2) is 28.7 Å². The third-order valence-corrected chi connectivity index (χ3v) is 6.81. The molecule has 4 aromatic heterocycles. The van der Waals surface area contributed by atoms with E-state index in [1.54, 1.807) is 16.7 Å². The lowest BCUT2D eigenvalue weighted by atomic mass is 9.96. The van der Waals surface area contributed by atoms with Gasteiger partial charge in [-0.3, -0.25) is 4.40 Å². The maximum Gasteiger partial charge on any atom is 0.229 e. The standard InChI is InChI=1S/C23H19F2N7OS/c24-14-7-13(8-17-20(14)18(33)9-19-27-5-6-32(17)19)21-15(25)10-28-22(30-21)31-23-29-16(11-34-23)12-1-3-26-4-2-12/h5-12,26,33H,1-4H2,(H,28,29,30,31). The summed E-state index contributed by atoms with van der Waals surface area (Å²) in [5.41, 5.74) is 1.96. The van der Waals surface area contributed by atoms with Gasteiger partial charge >= 0.3 is 0 Å². The normalized spacial score (nSPS) is 14.8. The molecule has 1 aliphatic rings. The van der Waals surface area contributed by atoms with E-state index < -0.39 is 11.6 Å². The number of rotatable bonds is 4. The van der Waals surface area contributed by atoms with Gasteiger partial charge in [-0.2, -0.15) is 0 Å². The molecule has 0 unspecified atom stereocenters. The maximum atomic E-state index is 15.0. The minimum absolute atomic E-state index is 0.0234. The molecule has 8 nitrogen and oxygen atoms in total. The van der Waals surface area contributed by atoms with Crippen LogP contribution in [0.2, 0.25) is 0 Å². The van der Waals surface area contributed by atoms with Gasteiger partial charge in [-0.15, -0.1) is 11.3 Å². The molecule has 0 spiro atoms. The second kappa shape index (κ2) is 8.26. The molecule has 3 N–H and O–H groups in total. The molecule has 5 heterocycles. The van der Waals surface area contributed by atoms with Crippen molar-refractivity contribution in [3.8, 4) is 17.0 Å². The predicted octanol–water partition coefficient (Wildman–Crippen LogP) is 4.60. The van der Waals surface area contributed by atoms with Crippen LogP contribution in [0, 0.1) is 11.6 Å². The highest BCUT2D eigenvalue weighted by atomic mass is 32.1. The van der Waals surface area contributed by atoms with Crippen LogP contribution in [0.5, 0.6) is 5.75 Å². The van der Waals surface area contributed by atoms with Crippen LogP contribution in [0.25, 0.3) is 27.8 Å². The minimum Gasteiger partial charge on any atom is -0.507 e. The number of imidazole rings is 1. The lowest BCUT2D eigenvalue weighted by Crippen LogP contribution is -2.26. The molecule has 0 radical (unpaired) electrons. The molecule has 5 aromatic rings. The summed E-state index contributed by atoms with van der Waals surface area (Å²) in [4.78, 5) is 17.1. The van der Waals surface area contributed by atoms with E-state index in [-0.39, 0.29) is 28.3 Å². The molecule has 1 fully saturated rings. The van der Waals surface area contributed by atoms with Crippen LogP contribution >= 0.6 is 11.3 Å². The zero-order valence-corrected chi connectivity index (χ0v) is 18.6. The molecule has 0 atom stereocenters. The van der Waals surface area contributed by atoms with E-state index in [0.717, 1.165) is 43.9 Å². The molecular weight excluding hydrogens is 460 g/mol. The van der Waals surface area contributed by atoms with Crippen LogP contribution in [0.4, 0.5) is 19.9 Å². The van der Waals surface area contributed by atoms with Crippen molar-refractivity contribution in [3.05, 3.63) is 59.5 Å². The molecule has 0 aliphatic carbocycles. The number of nitrogens with zero attached hydrogens (tertiary/aromatic N) is 5. The van der Waals surface area contributed by atoms with Gasteiger partial charge in [0.05, 0.1) is 22.8 Å². The first-order valence-corrected chi connectivity index (χ1v) is 11.7. The highest BCUT2D eigenvalue weighted by Crippen LogP contribution is 2.34. The van der Waals surface area contributed by atoms with Crippen molar-refractivity contribution < 1.29 is 13.9 Å². The van der Waals surface area contributed by atoms with Crippen LogP contribution < -0.4 is 10.6 Å². The average Bonchev–Trinajstić information content (AvgIpc) is 3.50. The Kier molecular flexibility index (Phi) is 5.07. The van der Waals surface area contributed by atoms with Gasteiger partial charge in [-0.1, -0.05) is 0 Å². The SMILES string of the molecule is Oc1cc2nccn2c2cc(-c3nc(Nc4nc(C5CCNCC5)cs4)ncc3F)cc(F)c12. The van der Waals surface area contributed by atoms with Crippen molar-refractivity contribution in [2.75, 3.05) is 18.4 Å². The van der Waals surface area contributed by atoms with Crippen molar-refractivity contribution in [1.29, 1.82) is 0 Å². The monoisotopic (exact) mass is 479 g/mol. The van der Waals surface area contributed by atoms with Crippen LogP contribution in [0.15, 0.2) is 42.2 Å². The van der Waals surface area contributed by atoms with E-state index in [1.807, 2.05) is 5.38 Å². The summed E-state index contributed by atoms with van der Waals surface area (Å²) in [6, 6.07) is 4.10. The Morgan fingerprint density at radius 3 is 2.79 bits per heavy atom. The Morgan fingerprint density at radius 2 is 1.94 bits per heavy atom. The van der Waals surface area contributed by atoms with Gasteiger partial charge in [0.2, 0.25) is 5.95 Å². The van der Waals surface area contributed by atoms with Gasteiger partial charge in [0.25, 0.3) is 0 Å². The van der Waals surface area contributed by atoms with Crippen molar-refractivity contribution in [2.45, 2.75) is 18.8 Å². The number of anilines is 2. The molecule has 0 saturated carbocycles. The van der Waals surface area contributed by atoms with Gasteiger partial charge < -0.3 is 15.7 Å². The van der Waals surface area contributed by atoms with Gasteiger partial charge in [0.1, 0.15) is 22.9 Å². The molecule has 6 rings (SSSR count). The molecule has 11 heteroatoms. The van der Waals surface area contributed by atoms with Crippen molar-refractivity contribution >= 4 is 39.0 Å². The first-order chi connectivity index (χ1) is 16.6. The van der Waals surface area contributed by atoms with E-state index in [0.29, 0.717) is 22.2 Å². The number of hydrogen-bond donors (Lipinski definition) is 3. The minimum atomic E-state index is -0.695. The van der Waals surface area contributed by atoms with Crippen molar-refractivity contribution in [1.82, 2.24) is 29.7 Å². The fourth-order valence-corrected chi connectivity index (χ4v) is 5.15. The van der Waals surface area contributed by atoms with Gasteiger partial charge in [0.15, 0.2) is 10.9 Å². The smallest absolute Gasteiger partial charge is 0.229 e. The van der Waals surface area contributed by atoms with E-state index in [1.165, 1.54) is 23.6 Å². The Morgan fingerprint density at radius 1 is 1.09 bits per heavy atom. The highest BCUT2D eigenvalue weighted by Gasteiger charge is 2.20. The first kappa shape index (κ1) is 20.9. The number of thiazole rings is 1. The lowest BCUT2D eigenvalue weighted by Gasteiger charge is -2.20. The zero-order valence-electron chi connectivity index (χ0n) is 17.8. The number of halogens is 2. The van der Waals surface area contributed by atoms with E-state index >= 15 is 0 Å². The molecule has 1 saturated heterocycles. The predicted molar refractivity (Wildman–Crippen MR) is 126 cm³/mol. The van der Waals surface area contributed by atoms with Crippen LogP contribution in [-0.2, 0) is 0 Å². The second-order valence-electron chi connectivity index (χ2n) is 8.15. The topological polar surface area (TPSA) is 100 Å². The number of aromatic hydroxyl groups is 1. The van der Waals surface area contributed by atoms with Crippen molar-refractivity contribution in [3.63, 3.8) is 0 Å². The number of benzene rings is 1. The number of nitrogens with one attached hydrogen (secondary N) is 2. The summed E-state index contributed by atoms with van der Waals surface area (Å²) in [7, 11) is 0. The van der Waals surface area contributed by atoms with Crippen LogP contribution in [0.1, 0.15) is 24.5 Å². The second-order valence-corrected chi connectivity index (χ2v) is 9.01. The van der Waals surface area contributed by atoms with E-state index in [9.17, 15) is 13.9 Å². The molecule has 1 aliphatic heterocycles. The molecular formula is C23H19F2N7OS. The number of hydrogen-bond acceptors (Lipinski definition) is 8. The van der Waals surface area contributed by atoms with Crippen LogP contribution in [0.3, 0.4) is 0 Å². The summed E-state index contributed by atoms with van der Waals surface area (Å²) in [6.07, 6.45) is 6.30. The zero-order chi connectivity index (χ0) is 23.2. The Balaban J connectivity index is 1.37. The number of aromatic nitrogens is 5. The fraction of sp³-hybridized carbons (Fsp3) is 0.217. The maximum absolute atomic E-state index is 15.0. The summed E-state index contributed by atoms with van der Waals surface area (Å²) in [5, 5.41) is 19.3. The molecule has 1 aromatic carbocycles. The largest absolute Gasteiger partial charge is 0.507 e.